The molecule has 0 heterocycles. The zero-order chi connectivity index (χ0) is 13.7. The molecule has 0 spiro atoms. The van der Waals surface area contributed by atoms with Gasteiger partial charge in [0.25, 0.3) is 0 Å². The Kier molecular flexibility index (Phi) is 4.80. The van der Waals surface area contributed by atoms with Gasteiger partial charge in [-0.15, -0.1) is 0 Å². The molecule has 0 aliphatic heterocycles. The predicted molar refractivity (Wildman–Crippen MR) is 76.2 cm³/mol. The molecule has 0 amide bonds. The van der Waals surface area contributed by atoms with Crippen molar-refractivity contribution in [3.63, 3.8) is 0 Å². The van der Waals surface area contributed by atoms with E-state index in [2.05, 4.69) is 5.48 Å². The lowest BCUT2D eigenvalue weighted by Crippen LogP contribution is -2.22. The van der Waals surface area contributed by atoms with E-state index in [4.69, 9.17) is 16.4 Å². The van der Waals surface area contributed by atoms with E-state index in [1.165, 1.54) is 0 Å². The summed E-state index contributed by atoms with van der Waals surface area (Å²) >= 11 is 5.90. The summed E-state index contributed by atoms with van der Waals surface area (Å²) < 4.78 is 0. The van der Waals surface area contributed by atoms with E-state index in [0.717, 1.165) is 11.1 Å². The third-order valence-electron chi connectivity index (χ3n) is 2.78. The van der Waals surface area contributed by atoms with Crippen LogP contribution in [-0.2, 0) is 4.84 Å². The zero-order valence-corrected chi connectivity index (χ0v) is 11.4. The number of hydroxylamine groups is 1. The van der Waals surface area contributed by atoms with Gasteiger partial charge >= 0.3 is 0 Å². The summed E-state index contributed by atoms with van der Waals surface area (Å²) in [5.74, 6) is 0.245. The molecule has 4 heteroatoms. The summed E-state index contributed by atoms with van der Waals surface area (Å²) in [5.41, 5.74) is 5.07. The van der Waals surface area contributed by atoms with Gasteiger partial charge in [-0.1, -0.05) is 35.9 Å². The topological polar surface area (TPSA) is 41.5 Å². The van der Waals surface area contributed by atoms with Crippen LogP contribution in [0.3, 0.4) is 0 Å². The summed E-state index contributed by atoms with van der Waals surface area (Å²) in [6, 6.07) is 14.5. The fourth-order valence-corrected chi connectivity index (χ4v) is 1.94. The first-order valence-corrected chi connectivity index (χ1v) is 6.50. The number of hydrogen-bond acceptors (Lipinski definition) is 3. The number of hydrogen-bond donors (Lipinski definition) is 2. The van der Waals surface area contributed by atoms with E-state index in [0.29, 0.717) is 11.6 Å². The lowest BCUT2D eigenvalue weighted by Gasteiger charge is -2.19. The van der Waals surface area contributed by atoms with E-state index in [1.54, 1.807) is 12.1 Å². The number of phenolic OH excluding ortho intramolecular Hbond substituents is 1. The van der Waals surface area contributed by atoms with Gasteiger partial charge in [0.15, 0.2) is 0 Å². The highest BCUT2D eigenvalue weighted by Crippen LogP contribution is 2.25. The van der Waals surface area contributed by atoms with Crippen LogP contribution in [0.15, 0.2) is 48.5 Å². The summed E-state index contributed by atoms with van der Waals surface area (Å²) in [4.78, 5) is 5.32. The fraction of sp³-hybridized carbons (Fsp3) is 0.200. The van der Waals surface area contributed by atoms with Crippen molar-refractivity contribution in [2.24, 2.45) is 0 Å². The SMILES string of the molecule is CCONC(c1ccc(O)cc1)c1ccc(Cl)cc1. The summed E-state index contributed by atoms with van der Waals surface area (Å²) in [5, 5.41) is 10.1. The smallest absolute Gasteiger partial charge is 0.115 e. The molecule has 19 heavy (non-hydrogen) atoms. The Balaban J connectivity index is 2.29. The van der Waals surface area contributed by atoms with Gasteiger partial charge in [-0.2, -0.15) is 5.48 Å². The van der Waals surface area contributed by atoms with E-state index in [-0.39, 0.29) is 11.8 Å². The Hall–Kier alpha value is -1.55. The monoisotopic (exact) mass is 277 g/mol. The number of benzene rings is 2. The Morgan fingerprint density at radius 2 is 1.58 bits per heavy atom. The van der Waals surface area contributed by atoms with Gasteiger partial charge in [0.1, 0.15) is 5.75 Å². The maximum absolute atomic E-state index is 9.35. The molecule has 0 bridgehead atoms. The Morgan fingerprint density at radius 3 is 2.11 bits per heavy atom. The summed E-state index contributed by atoms with van der Waals surface area (Å²) in [7, 11) is 0. The molecule has 1 unspecified atom stereocenters. The molecule has 0 saturated heterocycles. The van der Waals surface area contributed by atoms with Crippen molar-refractivity contribution in [1.82, 2.24) is 5.48 Å². The number of rotatable bonds is 5. The molecule has 0 aliphatic rings. The van der Waals surface area contributed by atoms with Crippen LogP contribution >= 0.6 is 11.6 Å². The van der Waals surface area contributed by atoms with Gasteiger partial charge in [-0.25, -0.2) is 0 Å². The molecule has 1 atom stereocenters. The Morgan fingerprint density at radius 1 is 1.05 bits per heavy atom. The highest BCUT2D eigenvalue weighted by atomic mass is 35.5. The molecule has 2 aromatic rings. The third-order valence-corrected chi connectivity index (χ3v) is 3.03. The molecule has 3 nitrogen and oxygen atoms in total. The van der Waals surface area contributed by atoms with Gasteiger partial charge in [-0.3, -0.25) is 0 Å². The molecule has 2 N–H and O–H groups in total. The van der Waals surface area contributed by atoms with Crippen molar-refractivity contribution >= 4 is 11.6 Å². The second-order valence-corrected chi connectivity index (χ2v) is 4.56. The maximum atomic E-state index is 9.35. The minimum Gasteiger partial charge on any atom is -0.508 e. The molecule has 2 aromatic carbocycles. The van der Waals surface area contributed by atoms with Crippen molar-refractivity contribution in [3.8, 4) is 5.75 Å². The van der Waals surface area contributed by atoms with Crippen molar-refractivity contribution in [1.29, 1.82) is 0 Å². The molecular formula is C15H16ClNO2. The first-order chi connectivity index (χ1) is 9.20. The second-order valence-electron chi connectivity index (χ2n) is 4.13. The van der Waals surface area contributed by atoms with Gasteiger partial charge in [0, 0.05) is 5.02 Å². The Labute approximate surface area is 117 Å². The van der Waals surface area contributed by atoms with Crippen LogP contribution in [0.4, 0.5) is 0 Å². The van der Waals surface area contributed by atoms with Crippen LogP contribution < -0.4 is 5.48 Å². The summed E-state index contributed by atoms with van der Waals surface area (Å²) in [6.45, 7) is 2.49. The molecular weight excluding hydrogens is 262 g/mol. The first kappa shape index (κ1) is 13.9. The Bertz CT molecular complexity index is 465. The van der Waals surface area contributed by atoms with Crippen LogP contribution in [0.25, 0.3) is 0 Å². The van der Waals surface area contributed by atoms with Crippen molar-refractivity contribution in [2.45, 2.75) is 13.0 Å². The normalized spacial score (nSPS) is 12.3. The quantitative estimate of drug-likeness (QED) is 0.819. The molecule has 0 aromatic heterocycles. The zero-order valence-electron chi connectivity index (χ0n) is 10.6. The van der Waals surface area contributed by atoms with Crippen LogP contribution in [0, 0.1) is 0 Å². The van der Waals surface area contributed by atoms with E-state index >= 15 is 0 Å². The molecule has 100 valence electrons. The highest BCUT2D eigenvalue weighted by molar-refractivity contribution is 6.30. The van der Waals surface area contributed by atoms with Gasteiger partial charge in [0.2, 0.25) is 0 Å². The number of nitrogens with one attached hydrogen (secondary N) is 1. The van der Waals surface area contributed by atoms with Crippen LogP contribution in [0.1, 0.15) is 24.1 Å². The van der Waals surface area contributed by atoms with Crippen molar-refractivity contribution < 1.29 is 9.94 Å². The van der Waals surface area contributed by atoms with Crippen molar-refractivity contribution in [2.75, 3.05) is 6.61 Å². The van der Waals surface area contributed by atoms with Gasteiger partial charge in [-0.05, 0) is 42.3 Å². The molecule has 0 radical (unpaired) electrons. The van der Waals surface area contributed by atoms with Crippen LogP contribution in [0.2, 0.25) is 5.02 Å². The number of halogens is 1. The lowest BCUT2D eigenvalue weighted by atomic mass is 9.99. The third kappa shape index (κ3) is 3.70. The highest BCUT2D eigenvalue weighted by Gasteiger charge is 2.13. The average Bonchev–Trinajstić information content (AvgIpc) is 2.43. The molecule has 0 fully saturated rings. The predicted octanol–water partition coefficient (Wildman–Crippen LogP) is 3.68. The van der Waals surface area contributed by atoms with Gasteiger partial charge < -0.3 is 9.94 Å². The van der Waals surface area contributed by atoms with Gasteiger partial charge in [0.05, 0.1) is 12.6 Å². The largest absolute Gasteiger partial charge is 0.508 e. The van der Waals surface area contributed by atoms with E-state index in [9.17, 15) is 5.11 Å². The maximum Gasteiger partial charge on any atom is 0.115 e. The first-order valence-electron chi connectivity index (χ1n) is 6.12. The second kappa shape index (κ2) is 6.57. The molecule has 0 saturated carbocycles. The molecule has 0 aliphatic carbocycles. The number of aromatic hydroxyl groups is 1. The summed E-state index contributed by atoms with van der Waals surface area (Å²) in [6.07, 6.45) is 0. The fourth-order valence-electron chi connectivity index (χ4n) is 1.82. The van der Waals surface area contributed by atoms with E-state index in [1.807, 2.05) is 43.3 Å². The van der Waals surface area contributed by atoms with E-state index < -0.39 is 0 Å². The lowest BCUT2D eigenvalue weighted by molar-refractivity contribution is 0.0334. The minimum atomic E-state index is -0.0992. The van der Waals surface area contributed by atoms with Crippen LogP contribution in [0.5, 0.6) is 5.75 Å². The number of phenols is 1. The average molecular weight is 278 g/mol. The molecule has 2 rings (SSSR count). The standard InChI is InChI=1S/C15H16ClNO2/c1-2-19-17-15(11-3-7-13(16)8-4-11)12-5-9-14(18)10-6-12/h3-10,15,17-18H,2H2,1H3. The van der Waals surface area contributed by atoms with Crippen LogP contribution in [-0.4, -0.2) is 11.7 Å². The van der Waals surface area contributed by atoms with Crippen molar-refractivity contribution in [3.05, 3.63) is 64.7 Å². The minimum absolute atomic E-state index is 0.0992.